The van der Waals surface area contributed by atoms with Crippen molar-refractivity contribution in [1.82, 2.24) is 4.90 Å². The first kappa shape index (κ1) is 13.7. The Bertz CT molecular complexity index is 496. The second-order valence-electron chi connectivity index (χ2n) is 4.77. The molecule has 1 heterocycles. The van der Waals surface area contributed by atoms with Gasteiger partial charge in [0.15, 0.2) is 0 Å². The Hall–Kier alpha value is -1.68. The summed E-state index contributed by atoms with van der Waals surface area (Å²) >= 11 is 5.38. The van der Waals surface area contributed by atoms with E-state index in [1.54, 1.807) is 0 Å². The Balaban J connectivity index is 2.21. The molecule has 0 aromatic heterocycles. The summed E-state index contributed by atoms with van der Waals surface area (Å²) < 4.78 is 5.33. The third-order valence-corrected chi connectivity index (χ3v) is 3.72. The predicted molar refractivity (Wildman–Crippen MR) is 79.1 cm³/mol. The Morgan fingerprint density at radius 2 is 2.05 bits per heavy atom. The van der Waals surface area contributed by atoms with Gasteiger partial charge in [0, 0.05) is 32.5 Å². The Morgan fingerprint density at radius 1 is 1.37 bits per heavy atom. The van der Waals surface area contributed by atoms with Crippen LogP contribution in [0.15, 0.2) is 42.5 Å². The van der Waals surface area contributed by atoms with Crippen LogP contribution >= 0.6 is 12.2 Å². The molecule has 0 bridgehead atoms. The molecule has 1 aliphatic heterocycles. The monoisotopic (exact) mass is 275 g/mol. The molecule has 2 atom stereocenters. The van der Waals surface area contributed by atoms with Gasteiger partial charge in [-0.3, -0.25) is 0 Å². The number of ether oxygens (including phenoxy) is 1. The van der Waals surface area contributed by atoms with Crippen molar-refractivity contribution in [3.8, 4) is 0 Å². The Labute approximate surface area is 118 Å². The minimum atomic E-state index is -0.276. The highest BCUT2D eigenvalue weighted by Crippen LogP contribution is 2.29. The first-order chi connectivity index (χ1) is 9.08. The molecule has 0 aliphatic carbocycles. The Kier molecular flexibility index (Phi) is 4.32. The molecule has 0 spiro atoms. The maximum absolute atomic E-state index is 11.3. The molecule has 19 heavy (non-hydrogen) atoms. The van der Waals surface area contributed by atoms with E-state index < -0.39 is 0 Å². The van der Waals surface area contributed by atoms with Crippen LogP contribution in [0.4, 0.5) is 0 Å². The summed E-state index contributed by atoms with van der Waals surface area (Å²) in [6.45, 7) is 0. The number of hydrogen-bond donors (Lipinski definition) is 0. The molecular formula is C15H17NO2S. The summed E-state index contributed by atoms with van der Waals surface area (Å²) in [5, 5.41) is 0. The molecule has 3 nitrogen and oxygen atoms in total. The first-order valence-electron chi connectivity index (χ1n) is 6.22. The fourth-order valence-electron chi connectivity index (χ4n) is 2.10. The summed E-state index contributed by atoms with van der Waals surface area (Å²) in [4.78, 5) is 14.0. The van der Waals surface area contributed by atoms with E-state index in [2.05, 4.69) is 0 Å². The van der Waals surface area contributed by atoms with Gasteiger partial charge in [-0.15, -0.1) is 0 Å². The van der Waals surface area contributed by atoms with Gasteiger partial charge in [0.2, 0.25) is 0 Å². The van der Waals surface area contributed by atoms with Crippen LogP contribution in [0.3, 0.4) is 0 Å². The third-order valence-electron chi connectivity index (χ3n) is 3.19. The molecule has 2 rings (SSSR count). The quantitative estimate of drug-likeness (QED) is 0.624. The number of esters is 1. The highest BCUT2D eigenvalue weighted by molar-refractivity contribution is 7.80. The average molecular weight is 275 g/mol. The lowest BCUT2D eigenvalue weighted by atomic mass is 9.90. The molecule has 0 N–H and O–H groups in total. The van der Waals surface area contributed by atoms with Gasteiger partial charge in [0.1, 0.15) is 6.10 Å². The lowest BCUT2D eigenvalue weighted by Gasteiger charge is -2.25. The number of cyclic esters (lactones) is 1. The third kappa shape index (κ3) is 3.41. The molecule has 0 saturated carbocycles. The minimum absolute atomic E-state index is 0.0683. The maximum Gasteiger partial charge on any atom is 0.331 e. The Morgan fingerprint density at radius 3 is 2.58 bits per heavy atom. The number of nitrogens with zero attached hydrogens (tertiary/aromatic N) is 1. The fourth-order valence-corrected chi connectivity index (χ4v) is 2.28. The summed E-state index contributed by atoms with van der Waals surface area (Å²) in [6.07, 6.45) is 3.76. The van der Waals surface area contributed by atoms with E-state index in [-0.39, 0.29) is 18.0 Å². The van der Waals surface area contributed by atoms with Gasteiger partial charge in [-0.2, -0.15) is 0 Å². The van der Waals surface area contributed by atoms with E-state index in [1.165, 1.54) is 6.08 Å². The second-order valence-corrected chi connectivity index (χ2v) is 5.24. The number of rotatable bonds is 4. The molecule has 100 valence electrons. The van der Waals surface area contributed by atoms with Crippen LogP contribution in [-0.4, -0.2) is 36.1 Å². The van der Waals surface area contributed by atoms with Gasteiger partial charge < -0.3 is 9.64 Å². The van der Waals surface area contributed by atoms with Crippen LogP contribution in [0.1, 0.15) is 17.9 Å². The van der Waals surface area contributed by atoms with E-state index in [0.29, 0.717) is 6.42 Å². The van der Waals surface area contributed by atoms with Gasteiger partial charge >= 0.3 is 5.97 Å². The molecule has 0 unspecified atom stereocenters. The van der Waals surface area contributed by atoms with Crippen molar-refractivity contribution < 1.29 is 9.53 Å². The van der Waals surface area contributed by atoms with Gasteiger partial charge in [-0.25, -0.2) is 4.79 Å². The topological polar surface area (TPSA) is 29.5 Å². The number of carbonyl (C=O) groups is 1. The fraction of sp³-hybridized carbons (Fsp3) is 0.333. The van der Waals surface area contributed by atoms with Crippen molar-refractivity contribution in [2.45, 2.75) is 18.4 Å². The zero-order chi connectivity index (χ0) is 13.8. The van der Waals surface area contributed by atoms with Crippen LogP contribution in [0, 0.1) is 0 Å². The molecule has 1 aliphatic rings. The maximum atomic E-state index is 11.3. The lowest BCUT2D eigenvalue weighted by Crippen LogP contribution is -2.27. The van der Waals surface area contributed by atoms with E-state index >= 15 is 0 Å². The summed E-state index contributed by atoms with van der Waals surface area (Å²) in [7, 11) is 3.86. The van der Waals surface area contributed by atoms with Crippen molar-refractivity contribution in [1.29, 1.82) is 0 Å². The SMILES string of the molecule is CN(C)C(=S)C[C@H](c1ccccc1)[C@@H]1C=CC(=O)O1. The first-order valence-corrected chi connectivity index (χ1v) is 6.62. The number of hydrogen-bond acceptors (Lipinski definition) is 3. The molecule has 0 saturated heterocycles. The van der Waals surface area contributed by atoms with Gasteiger partial charge in [0.25, 0.3) is 0 Å². The van der Waals surface area contributed by atoms with Crippen LogP contribution < -0.4 is 0 Å². The number of benzene rings is 1. The molecule has 1 aromatic rings. The van der Waals surface area contributed by atoms with E-state index in [9.17, 15) is 4.79 Å². The number of thiocarbonyl (C=S) groups is 1. The van der Waals surface area contributed by atoms with Gasteiger partial charge in [0.05, 0.1) is 4.99 Å². The van der Waals surface area contributed by atoms with Crippen molar-refractivity contribution in [3.63, 3.8) is 0 Å². The highest BCUT2D eigenvalue weighted by atomic mass is 32.1. The number of carbonyl (C=O) groups excluding carboxylic acids is 1. The second kappa shape index (κ2) is 5.97. The molecule has 0 radical (unpaired) electrons. The van der Waals surface area contributed by atoms with Crippen molar-refractivity contribution >= 4 is 23.2 Å². The summed E-state index contributed by atoms with van der Waals surface area (Å²) in [6, 6.07) is 10.0. The van der Waals surface area contributed by atoms with E-state index in [0.717, 1.165) is 10.6 Å². The normalized spacial score (nSPS) is 19.1. The van der Waals surface area contributed by atoms with Crippen LogP contribution in [0.2, 0.25) is 0 Å². The van der Waals surface area contributed by atoms with Crippen molar-refractivity contribution in [2.75, 3.05) is 14.1 Å². The van der Waals surface area contributed by atoms with E-state index in [4.69, 9.17) is 17.0 Å². The molecular weight excluding hydrogens is 258 g/mol. The molecule has 1 aromatic carbocycles. The summed E-state index contributed by atoms with van der Waals surface area (Å²) in [5.74, 6) is -0.208. The smallest absolute Gasteiger partial charge is 0.331 e. The van der Waals surface area contributed by atoms with Gasteiger partial charge in [-0.1, -0.05) is 42.5 Å². The average Bonchev–Trinajstić information content (AvgIpc) is 2.83. The lowest BCUT2D eigenvalue weighted by molar-refractivity contribution is -0.139. The largest absolute Gasteiger partial charge is 0.454 e. The molecule has 0 fully saturated rings. The van der Waals surface area contributed by atoms with Crippen LogP contribution in [-0.2, 0) is 9.53 Å². The van der Waals surface area contributed by atoms with Crippen LogP contribution in [0.25, 0.3) is 0 Å². The molecule has 0 amide bonds. The van der Waals surface area contributed by atoms with Crippen molar-refractivity contribution in [2.24, 2.45) is 0 Å². The zero-order valence-corrected chi connectivity index (χ0v) is 11.9. The standard InChI is InChI=1S/C15H17NO2S/c1-16(2)14(19)10-12(11-6-4-3-5-7-11)13-8-9-15(17)18-13/h3-9,12-13H,10H2,1-2H3/t12-,13+/m1/s1. The van der Waals surface area contributed by atoms with Crippen molar-refractivity contribution in [3.05, 3.63) is 48.0 Å². The molecule has 4 heteroatoms. The summed E-state index contributed by atoms with van der Waals surface area (Å²) in [5.41, 5.74) is 1.14. The highest BCUT2D eigenvalue weighted by Gasteiger charge is 2.29. The van der Waals surface area contributed by atoms with Gasteiger partial charge in [-0.05, 0) is 11.6 Å². The van der Waals surface area contributed by atoms with E-state index in [1.807, 2.05) is 55.4 Å². The van der Waals surface area contributed by atoms with Crippen LogP contribution in [0.5, 0.6) is 0 Å². The minimum Gasteiger partial charge on any atom is -0.454 e. The zero-order valence-electron chi connectivity index (χ0n) is 11.1. The predicted octanol–water partition coefficient (Wildman–Crippen LogP) is 2.53.